The molecular weight excluding hydrogens is 496 g/mol. The lowest BCUT2D eigenvalue weighted by Gasteiger charge is -2.28. The van der Waals surface area contributed by atoms with Gasteiger partial charge in [0.2, 0.25) is 5.78 Å². The maximum atomic E-state index is 14.0. The fraction of sp³-hybridized carbons (Fsp3) is 0.387. The molecule has 1 unspecified atom stereocenters. The van der Waals surface area contributed by atoms with Crippen molar-refractivity contribution in [3.05, 3.63) is 87.6 Å². The van der Waals surface area contributed by atoms with E-state index in [9.17, 15) is 14.7 Å². The number of carbonyl (C=O) groups excluding carboxylic acids is 2. The third kappa shape index (κ3) is 5.74. The summed E-state index contributed by atoms with van der Waals surface area (Å²) in [7, 11) is 0. The fourth-order valence-corrected chi connectivity index (χ4v) is 5.64. The van der Waals surface area contributed by atoms with Gasteiger partial charge in [0.25, 0.3) is 5.91 Å². The Bertz CT molecular complexity index is 1330. The Morgan fingerprint density at radius 3 is 2.37 bits per heavy atom. The van der Waals surface area contributed by atoms with Gasteiger partial charge >= 0.3 is 0 Å². The van der Waals surface area contributed by atoms with Gasteiger partial charge in [-0.25, -0.2) is 4.98 Å². The quantitative estimate of drug-likeness (QED) is 0.242. The summed E-state index contributed by atoms with van der Waals surface area (Å²) < 4.78 is 5.67. The number of hydrogen-bond acceptors (Lipinski definition) is 6. The predicted molar refractivity (Wildman–Crippen MR) is 152 cm³/mol. The Hall–Kier alpha value is -3.29. The van der Waals surface area contributed by atoms with Crippen LogP contribution in [0.2, 0.25) is 0 Å². The molecule has 1 aliphatic heterocycles. The van der Waals surface area contributed by atoms with Crippen LogP contribution in [0.3, 0.4) is 0 Å². The first kappa shape index (κ1) is 27.7. The summed E-state index contributed by atoms with van der Waals surface area (Å²) in [6.45, 7) is 13.0. The van der Waals surface area contributed by atoms with Crippen LogP contribution in [0.25, 0.3) is 10.6 Å². The number of ketones is 1. The van der Waals surface area contributed by atoms with E-state index in [0.29, 0.717) is 30.1 Å². The first-order valence-corrected chi connectivity index (χ1v) is 13.8. The number of aliphatic hydroxyl groups excluding tert-OH is 1. The number of aliphatic hydroxyl groups is 1. The van der Waals surface area contributed by atoms with Crippen molar-refractivity contribution in [2.45, 2.75) is 65.5 Å². The van der Waals surface area contributed by atoms with E-state index >= 15 is 0 Å². The molecule has 1 atom stereocenters. The van der Waals surface area contributed by atoms with E-state index in [1.807, 2.05) is 68.4 Å². The molecule has 38 heavy (non-hydrogen) atoms. The van der Waals surface area contributed by atoms with Gasteiger partial charge in [0, 0.05) is 18.7 Å². The lowest BCUT2D eigenvalue weighted by atomic mass is 9.85. The van der Waals surface area contributed by atoms with E-state index in [2.05, 4.69) is 25.8 Å². The summed E-state index contributed by atoms with van der Waals surface area (Å²) in [5.74, 6) is -1.38. The van der Waals surface area contributed by atoms with Crippen molar-refractivity contribution in [1.29, 1.82) is 0 Å². The van der Waals surface area contributed by atoms with Crippen molar-refractivity contribution in [1.82, 2.24) is 9.88 Å². The van der Waals surface area contributed by atoms with Crippen molar-refractivity contribution < 1.29 is 19.4 Å². The molecule has 1 aromatic heterocycles. The van der Waals surface area contributed by atoms with E-state index in [1.54, 1.807) is 11.8 Å². The number of carbonyl (C=O) groups is 2. The van der Waals surface area contributed by atoms with Crippen LogP contribution in [0.1, 0.15) is 73.6 Å². The molecule has 0 radical (unpaired) electrons. The summed E-state index contributed by atoms with van der Waals surface area (Å²) in [5.41, 5.74) is 3.50. The van der Waals surface area contributed by atoms with Gasteiger partial charge in [-0.2, -0.15) is 0 Å². The molecule has 1 aliphatic rings. The van der Waals surface area contributed by atoms with Gasteiger partial charge in [-0.1, -0.05) is 75.4 Å². The number of aromatic nitrogens is 1. The molecular formula is C31H36N2O4S. The molecule has 0 aliphatic carbocycles. The Kier molecular flexibility index (Phi) is 8.19. The molecule has 1 amide bonds. The molecule has 1 N–H and O–H groups in total. The van der Waals surface area contributed by atoms with Gasteiger partial charge in [-0.05, 0) is 43.7 Å². The molecule has 0 bridgehead atoms. The maximum absolute atomic E-state index is 14.0. The molecule has 6 nitrogen and oxygen atoms in total. The minimum absolute atomic E-state index is 0.0396. The number of aryl methyl sites for hydroxylation is 1. The lowest BCUT2D eigenvalue weighted by Crippen LogP contribution is -2.33. The van der Waals surface area contributed by atoms with E-state index in [-0.39, 0.29) is 22.9 Å². The maximum Gasteiger partial charge on any atom is 0.290 e. The second kappa shape index (κ2) is 11.2. The SMILES string of the molecule is Cc1nc(-c2ccccc2)sc1C(=O)C1=C(O)C(=O)N(CCCOC(C)C)C1c1ccc(C(C)(C)C)cc1. The van der Waals surface area contributed by atoms with E-state index in [0.717, 1.165) is 21.7 Å². The third-order valence-electron chi connectivity index (χ3n) is 6.66. The molecule has 2 heterocycles. The topological polar surface area (TPSA) is 79.7 Å². The molecule has 0 spiro atoms. The Balaban J connectivity index is 1.72. The Morgan fingerprint density at radius 1 is 1.11 bits per heavy atom. The van der Waals surface area contributed by atoms with Gasteiger partial charge < -0.3 is 14.7 Å². The number of benzene rings is 2. The number of Topliss-reactive ketones (excluding diaryl/α,β-unsaturated/α-hetero) is 1. The van der Waals surface area contributed by atoms with Crippen LogP contribution in [-0.2, 0) is 14.9 Å². The van der Waals surface area contributed by atoms with Crippen molar-refractivity contribution in [3.63, 3.8) is 0 Å². The van der Waals surface area contributed by atoms with Crippen molar-refractivity contribution in [3.8, 4) is 10.6 Å². The average molecular weight is 533 g/mol. The highest BCUT2D eigenvalue weighted by atomic mass is 32.1. The predicted octanol–water partition coefficient (Wildman–Crippen LogP) is 6.81. The largest absolute Gasteiger partial charge is 0.503 e. The lowest BCUT2D eigenvalue weighted by molar-refractivity contribution is -0.129. The molecule has 2 aromatic carbocycles. The minimum Gasteiger partial charge on any atom is -0.503 e. The standard InChI is InChI=1S/C31H36N2O4S/c1-19(2)37-18-10-17-33-25(21-13-15-23(16-14-21)31(4,5)6)24(27(35)30(33)36)26(34)28-20(3)32-29(38-28)22-11-8-7-9-12-22/h7-9,11-16,19,25,35H,10,17-18H2,1-6H3. The molecule has 3 aromatic rings. The van der Waals surface area contributed by atoms with Crippen LogP contribution in [-0.4, -0.2) is 45.9 Å². The summed E-state index contributed by atoms with van der Waals surface area (Å²) in [6, 6.07) is 17.0. The highest BCUT2D eigenvalue weighted by Crippen LogP contribution is 2.41. The molecule has 0 saturated heterocycles. The number of hydrogen-bond donors (Lipinski definition) is 1. The summed E-state index contributed by atoms with van der Waals surface area (Å²) >= 11 is 1.28. The van der Waals surface area contributed by atoms with Crippen LogP contribution >= 0.6 is 11.3 Å². The van der Waals surface area contributed by atoms with Gasteiger partial charge in [0.1, 0.15) is 5.01 Å². The number of nitrogens with zero attached hydrogens (tertiary/aromatic N) is 2. The average Bonchev–Trinajstić information content (AvgIpc) is 3.39. The van der Waals surface area contributed by atoms with E-state index in [4.69, 9.17) is 4.74 Å². The van der Waals surface area contributed by atoms with E-state index < -0.39 is 17.7 Å². The number of amides is 1. The van der Waals surface area contributed by atoms with Crippen LogP contribution in [0.15, 0.2) is 65.9 Å². The molecule has 200 valence electrons. The number of rotatable bonds is 9. The van der Waals surface area contributed by atoms with Crippen molar-refractivity contribution in [2.24, 2.45) is 0 Å². The molecule has 0 saturated carbocycles. The highest BCUT2D eigenvalue weighted by Gasteiger charge is 2.44. The first-order valence-electron chi connectivity index (χ1n) is 13.0. The van der Waals surface area contributed by atoms with Crippen molar-refractivity contribution in [2.75, 3.05) is 13.2 Å². The fourth-order valence-electron chi connectivity index (χ4n) is 4.62. The Morgan fingerprint density at radius 2 is 1.76 bits per heavy atom. The molecule has 7 heteroatoms. The molecule has 0 fully saturated rings. The van der Waals surface area contributed by atoms with Gasteiger partial charge in [-0.15, -0.1) is 11.3 Å². The summed E-state index contributed by atoms with van der Waals surface area (Å²) in [4.78, 5) is 34.0. The summed E-state index contributed by atoms with van der Waals surface area (Å²) in [6.07, 6.45) is 0.675. The summed E-state index contributed by atoms with van der Waals surface area (Å²) in [5, 5.41) is 11.8. The van der Waals surface area contributed by atoms with Crippen LogP contribution in [0.4, 0.5) is 0 Å². The zero-order chi connectivity index (χ0) is 27.6. The monoisotopic (exact) mass is 532 g/mol. The zero-order valence-electron chi connectivity index (χ0n) is 22.9. The van der Waals surface area contributed by atoms with E-state index in [1.165, 1.54) is 11.3 Å². The van der Waals surface area contributed by atoms with Gasteiger partial charge in [-0.3, -0.25) is 9.59 Å². The van der Waals surface area contributed by atoms with Gasteiger partial charge in [0.15, 0.2) is 5.76 Å². The zero-order valence-corrected chi connectivity index (χ0v) is 23.8. The highest BCUT2D eigenvalue weighted by molar-refractivity contribution is 7.17. The van der Waals surface area contributed by atoms with Crippen LogP contribution < -0.4 is 0 Å². The first-order chi connectivity index (χ1) is 18.0. The van der Waals surface area contributed by atoms with Crippen molar-refractivity contribution >= 4 is 23.0 Å². The second-order valence-corrected chi connectivity index (χ2v) is 11.9. The van der Waals surface area contributed by atoms with Crippen LogP contribution in [0.5, 0.6) is 0 Å². The Labute approximate surface area is 229 Å². The molecule has 4 rings (SSSR count). The number of thiazole rings is 1. The third-order valence-corrected chi connectivity index (χ3v) is 7.86. The number of ether oxygens (including phenoxy) is 1. The second-order valence-electron chi connectivity index (χ2n) is 10.9. The normalized spacial score (nSPS) is 16.1. The smallest absolute Gasteiger partial charge is 0.290 e. The minimum atomic E-state index is -0.690. The van der Waals surface area contributed by atoms with Gasteiger partial charge in [0.05, 0.1) is 28.3 Å². The van der Waals surface area contributed by atoms with Crippen LogP contribution in [0, 0.1) is 6.92 Å².